The predicted molar refractivity (Wildman–Crippen MR) is 66.8 cm³/mol. The van der Waals surface area contributed by atoms with Gasteiger partial charge in [0.05, 0.1) is 5.54 Å². The van der Waals surface area contributed by atoms with Gasteiger partial charge in [-0.15, -0.1) is 0 Å². The van der Waals surface area contributed by atoms with E-state index >= 15 is 0 Å². The zero-order valence-electron chi connectivity index (χ0n) is 10.2. The van der Waals surface area contributed by atoms with E-state index in [0.29, 0.717) is 18.1 Å². The number of hydrogen-bond acceptors (Lipinski definition) is 3. The van der Waals surface area contributed by atoms with Gasteiger partial charge in [-0.25, -0.2) is 0 Å². The normalized spacial score (nSPS) is 26.6. The zero-order chi connectivity index (χ0) is 12.0. The van der Waals surface area contributed by atoms with E-state index in [0.717, 1.165) is 25.8 Å². The first kappa shape index (κ1) is 13.6. The molecule has 0 aliphatic carbocycles. The molecule has 0 saturated carbocycles. The summed E-state index contributed by atoms with van der Waals surface area (Å²) in [6, 6.07) is 0. The first-order valence-corrected chi connectivity index (χ1v) is 7.51. The van der Waals surface area contributed by atoms with Gasteiger partial charge in [-0.1, -0.05) is 13.8 Å². The highest BCUT2D eigenvalue weighted by Gasteiger charge is 2.38. The Hall–Kier alpha value is -0.420. The Labute approximate surface area is 100 Å². The van der Waals surface area contributed by atoms with E-state index in [2.05, 4.69) is 10.6 Å². The van der Waals surface area contributed by atoms with Crippen LogP contribution in [0.4, 0.5) is 0 Å². The largest absolute Gasteiger partial charge is 0.354 e. The lowest BCUT2D eigenvalue weighted by atomic mass is 9.93. The average molecular weight is 246 g/mol. The van der Waals surface area contributed by atoms with Crippen molar-refractivity contribution in [1.82, 2.24) is 10.6 Å². The minimum Gasteiger partial charge on any atom is -0.354 e. The van der Waals surface area contributed by atoms with Crippen molar-refractivity contribution in [2.75, 3.05) is 24.6 Å². The van der Waals surface area contributed by atoms with Gasteiger partial charge in [0.15, 0.2) is 0 Å². The summed E-state index contributed by atoms with van der Waals surface area (Å²) in [4.78, 5) is 12.0. The second kappa shape index (κ2) is 6.35. The molecule has 1 saturated heterocycles. The van der Waals surface area contributed by atoms with Crippen molar-refractivity contribution in [3.63, 3.8) is 0 Å². The van der Waals surface area contributed by atoms with Crippen LogP contribution in [0.15, 0.2) is 0 Å². The summed E-state index contributed by atoms with van der Waals surface area (Å²) in [7, 11) is -0.796. The number of amides is 1. The molecule has 0 aromatic rings. The Morgan fingerprint density at radius 1 is 1.50 bits per heavy atom. The number of nitrogens with one attached hydrogen (secondary N) is 2. The smallest absolute Gasteiger partial charge is 0.240 e. The van der Waals surface area contributed by atoms with Gasteiger partial charge in [-0.3, -0.25) is 9.00 Å². The fourth-order valence-electron chi connectivity index (χ4n) is 2.05. The molecular weight excluding hydrogens is 224 g/mol. The van der Waals surface area contributed by atoms with Crippen LogP contribution >= 0.6 is 0 Å². The molecule has 94 valence electrons. The molecular formula is C11H22N2O2S. The number of carbonyl (C=O) groups is 1. The fraction of sp³-hybridized carbons (Fsp3) is 0.909. The molecule has 1 amide bonds. The van der Waals surface area contributed by atoms with Gasteiger partial charge in [-0.05, 0) is 25.8 Å². The van der Waals surface area contributed by atoms with Crippen molar-refractivity contribution >= 4 is 16.7 Å². The van der Waals surface area contributed by atoms with E-state index in [1.165, 1.54) is 0 Å². The van der Waals surface area contributed by atoms with Gasteiger partial charge in [0, 0.05) is 28.9 Å². The third-order valence-corrected chi connectivity index (χ3v) is 4.52. The first-order chi connectivity index (χ1) is 7.64. The van der Waals surface area contributed by atoms with E-state index in [-0.39, 0.29) is 11.4 Å². The van der Waals surface area contributed by atoms with Crippen molar-refractivity contribution in [2.24, 2.45) is 0 Å². The van der Waals surface area contributed by atoms with Crippen LogP contribution in [-0.2, 0) is 15.6 Å². The van der Waals surface area contributed by atoms with Crippen LogP contribution in [0.1, 0.15) is 33.1 Å². The molecule has 0 spiro atoms. The van der Waals surface area contributed by atoms with Crippen LogP contribution in [0.3, 0.4) is 0 Å². The van der Waals surface area contributed by atoms with Crippen molar-refractivity contribution in [3.05, 3.63) is 0 Å². The molecule has 0 aromatic heterocycles. The summed E-state index contributed by atoms with van der Waals surface area (Å²) in [5.74, 6) is 1.29. The molecule has 2 N–H and O–H groups in total. The van der Waals surface area contributed by atoms with Crippen LogP contribution in [-0.4, -0.2) is 40.3 Å². The minimum absolute atomic E-state index is 0.0700. The average Bonchev–Trinajstić information content (AvgIpc) is 2.78. The maximum Gasteiger partial charge on any atom is 0.240 e. The second-order valence-electron chi connectivity index (χ2n) is 4.15. The molecule has 1 fully saturated rings. The topological polar surface area (TPSA) is 58.2 Å². The highest BCUT2D eigenvalue weighted by Crippen LogP contribution is 2.22. The predicted octanol–water partition coefficient (Wildman–Crippen LogP) is 0.403. The summed E-state index contributed by atoms with van der Waals surface area (Å²) in [6.07, 6.45) is 2.78. The number of rotatable bonds is 6. The van der Waals surface area contributed by atoms with Gasteiger partial charge < -0.3 is 10.6 Å². The monoisotopic (exact) mass is 246 g/mol. The molecule has 0 aromatic carbocycles. The lowest BCUT2D eigenvalue weighted by Crippen LogP contribution is -2.53. The van der Waals surface area contributed by atoms with E-state index in [9.17, 15) is 9.00 Å². The maximum absolute atomic E-state index is 12.0. The van der Waals surface area contributed by atoms with Gasteiger partial charge in [0.1, 0.15) is 0 Å². The summed E-state index contributed by atoms with van der Waals surface area (Å²) in [6.45, 7) is 5.36. The fourth-order valence-corrected chi connectivity index (χ4v) is 2.67. The summed E-state index contributed by atoms with van der Waals surface area (Å²) in [5.41, 5.74) is -0.367. The van der Waals surface area contributed by atoms with Gasteiger partial charge in [0.2, 0.25) is 5.91 Å². The first-order valence-electron chi connectivity index (χ1n) is 6.03. The molecule has 2 atom stereocenters. The Bertz CT molecular complexity index is 263. The van der Waals surface area contributed by atoms with Crippen LogP contribution in [0, 0.1) is 0 Å². The number of hydrogen-bond donors (Lipinski definition) is 2. The van der Waals surface area contributed by atoms with E-state index in [1.807, 2.05) is 13.8 Å². The Kier molecular flexibility index (Phi) is 5.41. The highest BCUT2D eigenvalue weighted by molar-refractivity contribution is 7.84. The zero-order valence-corrected chi connectivity index (χ0v) is 11.0. The lowest BCUT2D eigenvalue weighted by molar-refractivity contribution is -0.127. The van der Waals surface area contributed by atoms with E-state index in [1.54, 1.807) is 0 Å². The summed E-state index contributed by atoms with van der Waals surface area (Å²) >= 11 is 0. The Morgan fingerprint density at radius 3 is 2.75 bits per heavy atom. The van der Waals surface area contributed by atoms with Crippen LogP contribution in [0.5, 0.6) is 0 Å². The van der Waals surface area contributed by atoms with Crippen molar-refractivity contribution < 1.29 is 9.00 Å². The molecule has 4 nitrogen and oxygen atoms in total. The number of carbonyl (C=O) groups excluding carboxylic acids is 1. The molecule has 5 heteroatoms. The SMILES string of the molecule is CCS(=O)CCNC(=O)C1(CC)CCCN1. The highest BCUT2D eigenvalue weighted by atomic mass is 32.2. The van der Waals surface area contributed by atoms with Gasteiger partial charge >= 0.3 is 0 Å². The quantitative estimate of drug-likeness (QED) is 0.713. The van der Waals surface area contributed by atoms with Crippen LogP contribution in [0.2, 0.25) is 0 Å². The molecule has 0 bridgehead atoms. The van der Waals surface area contributed by atoms with E-state index < -0.39 is 10.8 Å². The summed E-state index contributed by atoms with van der Waals surface area (Å²) < 4.78 is 11.2. The molecule has 16 heavy (non-hydrogen) atoms. The van der Waals surface area contributed by atoms with Gasteiger partial charge in [0.25, 0.3) is 0 Å². The molecule has 2 unspecified atom stereocenters. The van der Waals surface area contributed by atoms with Crippen LogP contribution < -0.4 is 10.6 Å². The molecule has 1 rings (SSSR count). The molecule has 1 aliphatic rings. The van der Waals surface area contributed by atoms with Gasteiger partial charge in [-0.2, -0.15) is 0 Å². The Balaban J connectivity index is 2.36. The second-order valence-corrected chi connectivity index (χ2v) is 6.02. The van der Waals surface area contributed by atoms with Crippen LogP contribution in [0.25, 0.3) is 0 Å². The Morgan fingerprint density at radius 2 is 2.25 bits per heavy atom. The third kappa shape index (κ3) is 3.28. The summed E-state index contributed by atoms with van der Waals surface area (Å²) in [5, 5.41) is 6.17. The minimum atomic E-state index is -0.796. The van der Waals surface area contributed by atoms with E-state index in [4.69, 9.17) is 0 Å². The maximum atomic E-state index is 12.0. The van der Waals surface area contributed by atoms with Crippen molar-refractivity contribution in [3.8, 4) is 0 Å². The molecule has 0 radical (unpaired) electrons. The molecule has 1 heterocycles. The standard InChI is InChI=1S/C11H22N2O2S/c1-3-11(6-5-7-13-11)10(14)12-8-9-16(15)4-2/h13H,3-9H2,1-2H3,(H,12,14). The molecule has 1 aliphatic heterocycles. The lowest BCUT2D eigenvalue weighted by Gasteiger charge is -2.26. The van der Waals surface area contributed by atoms with Crippen molar-refractivity contribution in [1.29, 1.82) is 0 Å². The third-order valence-electron chi connectivity index (χ3n) is 3.22. The van der Waals surface area contributed by atoms with Crippen molar-refractivity contribution in [2.45, 2.75) is 38.6 Å².